The van der Waals surface area contributed by atoms with Gasteiger partial charge in [-0.3, -0.25) is 0 Å². The molecule has 0 aliphatic rings. The Morgan fingerprint density at radius 2 is 1.30 bits per heavy atom. The van der Waals surface area contributed by atoms with Crippen molar-refractivity contribution in [2.45, 2.75) is 0 Å². The third-order valence-corrected chi connectivity index (χ3v) is 3.65. The molecule has 2 rings (SSSR count). The summed E-state index contributed by atoms with van der Waals surface area (Å²) >= 11 is 0. The van der Waals surface area contributed by atoms with Gasteiger partial charge in [0.15, 0.2) is 0 Å². The molecule has 2 aromatic carbocycles. The second-order valence-corrected chi connectivity index (χ2v) is 6.21. The van der Waals surface area contributed by atoms with Crippen molar-refractivity contribution in [3.8, 4) is 5.75 Å². The van der Waals surface area contributed by atoms with Gasteiger partial charge in [-0.05, 0) is 22.9 Å². The van der Waals surface area contributed by atoms with Gasteiger partial charge in [-0.2, -0.15) is 4.31 Å². The van der Waals surface area contributed by atoms with E-state index in [1.165, 1.54) is 0 Å². The fraction of sp³-hybridized carbons (Fsp3) is 0. The smallest absolute Gasteiger partial charge is 0.478 e. The van der Waals surface area contributed by atoms with Crippen LogP contribution in [0.3, 0.4) is 0 Å². The number of benzene rings is 2. The lowest BCUT2D eigenvalue weighted by Gasteiger charge is -2.03. The summed E-state index contributed by atoms with van der Waals surface area (Å²) in [4.78, 5) is 31.0. The van der Waals surface area contributed by atoms with Crippen molar-refractivity contribution in [1.82, 2.24) is 0 Å². The number of phenolic OH excluding ortho intramolecular Hbond substituents is 1. The monoisotopic (exact) mass is 322 g/mol. The zero-order chi connectivity index (χ0) is 15.4. The summed E-state index contributed by atoms with van der Waals surface area (Å²) in [5.41, 5.74) is 0. The Bertz CT molecular complexity index is 654. The first kappa shape index (κ1) is 16.8. The molecule has 0 amide bonds. The minimum atomic E-state index is -5.05. The first-order chi connectivity index (χ1) is 9.07. The first-order valence-electron chi connectivity index (χ1n) is 5.07. The average molecular weight is 322 g/mol. The van der Waals surface area contributed by atoms with Crippen LogP contribution in [0.2, 0.25) is 0 Å². The van der Waals surface area contributed by atoms with Crippen LogP contribution in [0.25, 0.3) is 10.8 Å². The van der Waals surface area contributed by atoms with E-state index in [4.69, 9.17) is 24.7 Å². The Morgan fingerprint density at radius 1 is 0.800 bits per heavy atom. The lowest BCUT2D eigenvalue weighted by Crippen LogP contribution is -1.84. The van der Waals surface area contributed by atoms with Gasteiger partial charge in [-0.15, -0.1) is 0 Å². The molecule has 0 unspecified atom stereocenters. The predicted molar refractivity (Wildman–Crippen MR) is 70.8 cm³/mol. The maximum absolute atomic E-state index is 9.63. The van der Waals surface area contributed by atoms with E-state index in [0.29, 0.717) is 5.75 Å². The number of rotatable bonds is 2. The fourth-order valence-electron chi connectivity index (χ4n) is 1.32. The zero-order valence-electron chi connectivity index (χ0n) is 9.90. The SMILES string of the molecule is O=P(O)(O)OP(=O)(O)O.Oc1ccc2ccccc2c1. The molecule has 0 aliphatic carbocycles. The number of aromatic hydroxyl groups is 1. The van der Waals surface area contributed by atoms with Gasteiger partial charge in [0.25, 0.3) is 0 Å². The molecule has 0 aliphatic heterocycles. The molecule has 10 heteroatoms. The molecule has 2 aromatic rings. The fourth-order valence-corrected chi connectivity index (χ4v) is 2.42. The normalized spacial score (nSPS) is 11.8. The van der Waals surface area contributed by atoms with E-state index in [-0.39, 0.29) is 0 Å². The number of hydrogen-bond donors (Lipinski definition) is 5. The summed E-state index contributed by atoms with van der Waals surface area (Å²) in [7, 11) is -10.1. The average Bonchev–Trinajstić information content (AvgIpc) is 2.24. The topological polar surface area (TPSA) is 145 Å². The Hall–Kier alpha value is -1.24. The van der Waals surface area contributed by atoms with Gasteiger partial charge in [-0.25, -0.2) is 9.13 Å². The minimum Gasteiger partial charge on any atom is -0.508 e. The van der Waals surface area contributed by atoms with Crippen LogP contribution in [0, 0.1) is 0 Å². The maximum Gasteiger partial charge on any atom is 0.478 e. The van der Waals surface area contributed by atoms with Crippen LogP contribution in [0.4, 0.5) is 0 Å². The van der Waals surface area contributed by atoms with E-state index in [1.54, 1.807) is 12.1 Å². The van der Waals surface area contributed by atoms with Crippen molar-refractivity contribution in [3.63, 3.8) is 0 Å². The number of hydrogen-bond acceptors (Lipinski definition) is 4. The summed E-state index contributed by atoms with van der Waals surface area (Å²) < 4.78 is 22.2. The number of phenols is 1. The van der Waals surface area contributed by atoms with Crippen LogP contribution in [-0.2, 0) is 13.4 Å². The molecule has 0 spiro atoms. The molecular formula is C10H12O8P2. The third kappa shape index (κ3) is 6.79. The highest BCUT2D eigenvalue weighted by molar-refractivity contribution is 7.60. The molecule has 0 heterocycles. The van der Waals surface area contributed by atoms with Crippen molar-refractivity contribution in [2.24, 2.45) is 0 Å². The van der Waals surface area contributed by atoms with E-state index in [2.05, 4.69) is 4.31 Å². The van der Waals surface area contributed by atoms with Gasteiger partial charge in [0.1, 0.15) is 5.75 Å². The van der Waals surface area contributed by atoms with E-state index in [9.17, 15) is 9.13 Å². The highest BCUT2D eigenvalue weighted by Gasteiger charge is 2.27. The molecule has 8 nitrogen and oxygen atoms in total. The van der Waals surface area contributed by atoms with E-state index < -0.39 is 15.6 Å². The number of phosphoric acid groups is 2. The summed E-state index contributed by atoms with van der Waals surface area (Å²) in [6.07, 6.45) is 0. The third-order valence-electron chi connectivity index (χ3n) is 1.95. The molecule has 0 radical (unpaired) electrons. The molecule has 0 bridgehead atoms. The molecule has 0 saturated heterocycles. The van der Waals surface area contributed by atoms with Crippen LogP contribution in [-0.4, -0.2) is 24.7 Å². The second kappa shape index (κ2) is 6.47. The van der Waals surface area contributed by atoms with Crippen molar-refractivity contribution >= 4 is 26.4 Å². The van der Waals surface area contributed by atoms with E-state index in [1.807, 2.05) is 30.3 Å². The first-order valence-corrected chi connectivity index (χ1v) is 8.13. The summed E-state index contributed by atoms with van der Waals surface area (Å²) in [6, 6.07) is 13.3. The van der Waals surface area contributed by atoms with Crippen molar-refractivity contribution in [2.75, 3.05) is 0 Å². The van der Waals surface area contributed by atoms with Crippen LogP contribution in [0.1, 0.15) is 0 Å². The molecule has 20 heavy (non-hydrogen) atoms. The second-order valence-electron chi connectivity index (χ2n) is 3.59. The molecule has 0 saturated carbocycles. The van der Waals surface area contributed by atoms with Crippen LogP contribution in [0.15, 0.2) is 42.5 Å². The van der Waals surface area contributed by atoms with Gasteiger partial charge in [-0.1, -0.05) is 30.3 Å². The quantitative estimate of drug-likeness (QED) is 0.526. The Labute approximate surface area is 113 Å². The van der Waals surface area contributed by atoms with Crippen molar-refractivity contribution in [3.05, 3.63) is 42.5 Å². The van der Waals surface area contributed by atoms with E-state index in [0.717, 1.165) is 10.8 Å². The summed E-state index contributed by atoms with van der Waals surface area (Å²) in [6.45, 7) is 0. The molecule has 0 fully saturated rings. The van der Waals surface area contributed by atoms with Crippen LogP contribution < -0.4 is 0 Å². The predicted octanol–water partition coefficient (Wildman–Crippen LogP) is 1.73. The Balaban J connectivity index is 0.000000206. The largest absolute Gasteiger partial charge is 0.508 e. The Morgan fingerprint density at radius 3 is 1.75 bits per heavy atom. The standard InChI is InChI=1S/C10H8O.H4O7P2/c11-10-6-5-8-3-1-2-4-9(8)7-10;1-8(2,3)7-9(4,5)6/h1-7,11H;(H2,1,2,3)(H2,4,5,6). The van der Waals surface area contributed by atoms with Crippen LogP contribution >= 0.6 is 15.6 Å². The maximum atomic E-state index is 9.63. The van der Waals surface area contributed by atoms with Crippen molar-refractivity contribution < 1.29 is 38.1 Å². The van der Waals surface area contributed by atoms with Gasteiger partial charge >= 0.3 is 15.6 Å². The molecule has 5 N–H and O–H groups in total. The lowest BCUT2D eigenvalue weighted by atomic mass is 10.1. The van der Waals surface area contributed by atoms with E-state index >= 15 is 0 Å². The molecule has 0 atom stereocenters. The highest BCUT2D eigenvalue weighted by Crippen LogP contribution is 2.53. The van der Waals surface area contributed by atoms with Gasteiger partial charge in [0, 0.05) is 0 Å². The molecule has 0 aromatic heterocycles. The Kier molecular flexibility index (Phi) is 5.44. The van der Waals surface area contributed by atoms with Crippen LogP contribution in [0.5, 0.6) is 5.75 Å². The lowest BCUT2D eigenvalue weighted by molar-refractivity contribution is 0.225. The minimum absolute atomic E-state index is 0.323. The molecule has 110 valence electrons. The zero-order valence-corrected chi connectivity index (χ0v) is 11.7. The summed E-state index contributed by atoms with van der Waals surface area (Å²) in [5, 5.41) is 11.4. The highest BCUT2D eigenvalue weighted by atomic mass is 31.3. The van der Waals surface area contributed by atoms with Crippen molar-refractivity contribution in [1.29, 1.82) is 0 Å². The van der Waals surface area contributed by atoms with Gasteiger partial charge in [0.2, 0.25) is 0 Å². The number of fused-ring (bicyclic) bond motifs is 1. The van der Waals surface area contributed by atoms with Gasteiger partial charge < -0.3 is 24.7 Å². The summed E-state index contributed by atoms with van der Waals surface area (Å²) in [5.74, 6) is 0.323. The van der Waals surface area contributed by atoms with Gasteiger partial charge in [0.05, 0.1) is 0 Å². The molecular weight excluding hydrogens is 310 g/mol.